The van der Waals surface area contributed by atoms with Gasteiger partial charge in [-0.3, -0.25) is 14.4 Å². The van der Waals surface area contributed by atoms with Crippen molar-refractivity contribution in [3.63, 3.8) is 0 Å². The molecule has 0 fully saturated rings. The zero-order valence-corrected chi connectivity index (χ0v) is 21.1. The van der Waals surface area contributed by atoms with Crippen molar-refractivity contribution in [3.05, 3.63) is 70.4 Å². The number of carbonyl (C=O) groups excluding carboxylic acids is 2. The first kappa shape index (κ1) is 27.2. The Kier molecular flexibility index (Phi) is 9.20. The average Bonchev–Trinajstić information content (AvgIpc) is 3.26. The van der Waals surface area contributed by atoms with Gasteiger partial charge in [-0.2, -0.15) is 0 Å². The molecule has 11 heteroatoms. The lowest BCUT2D eigenvalue weighted by molar-refractivity contribution is -0.118. The third-order valence-electron chi connectivity index (χ3n) is 5.62. The monoisotopic (exact) mass is 508 g/mol. The highest BCUT2D eigenvalue weighted by atomic mass is 16.4. The molecule has 3 rings (SSSR count). The zero-order valence-electron chi connectivity index (χ0n) is 21.1. The van der Waals surface area contributed by atoms with Crippen LogP contribution in [0.5, 0.6) is 0 Å². The van der Waals surface area contributed by atoms with Crippen molar-refractivity contribution < 1.29 is 19.5 Å². The van der Waals surface area contributed by atoms with E-state index in [0.717, 1.165) is 23.0 Å². The Hall–Kier alpha value is -4.41. The summed E-state index contributed by atoms with van der Waals surface area (Å²) in [5.74, 6) is 0.0929. The number of carbonyl (C=O) groups is 3. The third kappa shape index (κ3) is 7.53. The van der Waals surface area contributed by atoms with Gasteiger partial charge >= 0.3 is 6.09 Å². The minimum atomic E-state index is -1.37. The number of anilines is 1. The first-order valence-corrected chi connectivity index (χ1v) is 12.0. The number of fused-ring (bicyclic) bond motifs is 1. The molecule has 0 saturated carbocycles. The number of amides is 3. The number of likely N-dealkylation sites (N-methyl/N-ethyl adjacent to an activating group) is 1. The minimum absolute atomic E-state index is 0.0159. The second-order valence-electron chi connectivity index (χ2n) is 9.03. The molecule has 1 atom stereocenters. The van der Waals surface area contributed by atoms with Crippen LogP contribution in [0.2, 0.25) is 0 Å². The summed E-state index contributed by atoms with van der Waals surface area (Å²) in [5, 5.41) is 16.2. The van der Waals surface area contributed by atoms with E-state index in [1.54, 1.807) is 12.3 Å². The molecule has 0 saturated heterocycles. The molecule has 11 nitrogen and oxygen atoms in total. The fourth-order valence-electron chi connectivity index (χ4n) is 3.91. The summed E-state index contributed by atoms with van der Waals surface area (Å²) in [6.07, 6.45) is 4.32. The van der Waals surface area contributed by atoms with Gasteiger partial charge in [-0.25, -0.2) is 9.78 Å². The van der Waals surface area contributed by atoms with Gasteiger partial charge in [0.05, 0.1) is 17.6 Å². The van der Waals surface area contributed by atoms with E-state index < -0.39 is 23.6 Å². The molecule has 0 aliphatic heterocycles. The van der Waals surface area contributed by atoms with Crippen molar-refractivity contribution in [1.29, 1.82) is 0 Å². The van der Waals surface area contributed by atoms with Crippen LogP contribution in [-0.2, 0) is 22.6 Å². The Bertz CT molecular complexity index is 1360. The van der Waals surface area contributed by atoms with E-state index in [0.29, 0.717) is 11.7 Å². The Morgan fingerprint density at radius 3 is 2.68 bits per heavy atom. The Labute approximate surface area is 214 Å². The van der Waals surface area contributed by atoms with E-state index in [-0.39, 0.29) is 31.0 Å². The highest BCUT2D eigenvalue weighted by molar-refractivity contribution is 5.96. The van der Waals surface area contributed by atoms with Gasteiger partial charge < -0.3 is 30.6 Å². The fraction of sp³-hybridized carbons (Fsp3) is 0.346. The maximum absolute atomic E-state index is 13.1. The number of rotatable bonds is 11. The lowest BCUT2D eigenvalue weighted by atomic mass is 10.0. The lowest BCUT2D eigenvalue weighted by Gasteiger charge is -2.16. The van der Waals surface area contributed by atoms with Crippen LogP contribution < -0.4 is 21.5 Å². The lowest BCUT2D eigenvalue weighted by Crippen LogP contribution is -2.44. The highest BCUT2D eigenvalue weighted by Crippen LogP contribution is 2.20. The number of hydrogen-bond acceptors (Lipinski definition) is 5. The molecule has 0 aliphatic carbocycles. The van der Waals surface area contributed by atoms with Crippen LogP contribution in [0.15, 0.2) is 53.5 Å². The van der Waals surface area contributed by atoms with Gasteiger partial charge in [-0.1, -0.05) is 32.1 Å². The van der Waals surface area contributed by atoms with Gasteiger partial charge in [0.25, 0.3) is 5.56 Å². The van der Waals surface area contributed by atoms with Crippen LogP contribution in [0, 0.1) is 5.92 Å². The molecule has 0 aliphatic rings. The molecule has 3 amide bonds. The second-order valence-corrected chi connectivity index (χ2v) is 9.03. The van der Waals surface area contributed by atoms with Crippen molar-refractivity contribution in [2.24, 2.45) is 5.92 Å². The van der Waals surface area contributed by atoms with Crippen LogP contribution in [0.25, 0.3) is 11.0 Å². The second kappa shape index (κ2) is 12.5. The summed E-state index contributed by atoms with van der Waals surface area (Å²) in [4.78, 5) is 56.3. The van der Waals surface area contributed by atoms with E-state index in [9.17, 15) is 19.2 Å². The van der Waals surface area contributed by atoms with E-state index in [4.69, 9.17) is 10.1 Å². The Morgan fingerprint density at radius 2 is 1.97 bits per heavy atom. The molecular weight excluding hydrogens is 476 g/mol. The summed E-state index contributed by atoms with van der Waals surface area (Å²) in [6, 6.07) is 7.92. The van der Waals surface area contributed by atoms with E-state index in [1.165, 1.54) is 29.8 Å². The molecule has 3 aromatic rings. The predicted molar refractivity (Wildman–Crippen MR) is 140 cm³/mol. The summed E-state index contributed by atoms with van der Waals surface area (Å²) >= 11 is 0. The van der Waals surface area contributed by atoms with Crippen LogP contribution >= 0.6 is 0 Å². The summed E-state index contributed by atoms with van der Waals surface area (Å²) in [7, 11) is 1.49. The molecule has 1 unspecified atom stereocenters. The third-order valence-corrected chi connectivity index (χ3v) is 5.62. The van der Waals surface area contributed by atoms with Crippen molar-refractivity contribution >= 4 is 34.6 Å². The molecule has 37 heavy (non-hydrogen) atoms. The molecule has 5 N–H and O–H groups in total. The molecule has 0 bridgehead atoms. The molecule has 0 radical (unpaired) electrons. The standard InChI is InChI=1S/C26H32N6O5/c1-16(2)14-17-8-6-10-18-23(17)31-21(28-18)15-32-13-7-11-20(25(32)35)29-24(34)19(30-26(36)37)9-4-5-12-22(33)27-3/h5-8,10-13,16,19,30H,4,9,14-15H2,1-3H3,(H,27,33)(H,28,31)(H,29,34)(H,36,37). The van der Waals surface area contributed by atoms with Crippen LogP contribution in [0.3, 0.4) is 0 Å². The van der Waals surface area contributed by atoms with Gasteiger partial charge in [-0.15, -0.1) is 0 Å². The van der Waals surface area contributed by atoms with Gasteiger partial charge in [0.1, 0.15) is 17.6 Å². The van der Waals surface area contributed by atoms with Crippen LogP contribution in [0.1, 0.15) is 38.1 Å². The number of para-hydroxylation sites is 1. The van der Waals surface area contributed by atoms with E-state index >= 15 is 0 Å². The predicted octanol–water partition coefficient (Wildman–Crippen LogP) is 2.63. The molecule has 2 heterocycles. The van der Waals surface area contributed by atoms with Gasteiger partial charge in [-0.05, 0) is 55.0 Å². The van der Waals surface area contributed by atoms with Crippen molar-refractivity contribution in [1.82, 2.24) is 25.2 Å². The zero-order chi connectivity index (χ0) is 26.9. The number of hydrogen-bond donors (Lipinski definition) is 5. The molecule has 1 aromatic carbocycles. The first-order valence-electron chi connectivity index (χ1n) is 12.0. The number of nitrogens with zero attached hydrogens (tertiary/aromatic N) is 2. The van der Waals surface area contributed by atoms with Crippen LogP contribution in [-0.4, -0.2) is 50.6 Å². The smallest absolute Gasteiger partial charge is 0.405 e. The minimum Gasteiger partial charge on any atom is -0.465 e. The number of carboxylic acid groups (broad SMARTS) is 1. The number of aromatic nitrogens is 3. The Morgan fingerprint density at radius 1 is 1.19 bits per heavy atom. The summed E-state index contributed by atoms with van der Waals surface area (Å²) in [6.45, 7) is 4.45. The van der Waals surface area contributed by atoms with E-state index in [1.807, 2.05) is 18.2 Å². The normalized spacial score (nSPS) is 12.1. The first-order chi connectivity index (χ1) is 17.7. The summed E-state index contributed by atoms with van der Waals surface area (Å²) < 4.78 is 1.42. The maximum Gasteiger partial charge on any atom is 0.405 e. The van der Waals surface area contributed by atoms with Crippen LogP contribution in [0.4, 0.5) is 10.5 Å². The SMILES string of the molecule is CNC(=O)C=CCCC(NC(=O)O)C(=O)Nc1cccn(Cc2nc3c(CC(C)C)cccc3[nH]2)c1=O. The van der Waals surface area contributed by atoms with Crippen molar-refractivity contribution in [2.75, 3.05) is 12.4 Å². The number of benzene rings is 1. The number of imidazole rings is 1. The fourth-order valence-corrected chi connectivity index (χ4v) is 3.91. The molecule has 196 valence electrons. The number of aromatic amines is 1. The largest absolute Gasteiger partial charge is 0.465 e. The number of nitrogens with one attached hydrogen (secondary N) is 4. The van der Waals surface area contributed by atoms with E-state index in [2.05, 4.69) is 34.8 Å². The molecular formula is C26H32N6O5. The van der Waals surface area contributed by atoms with Crippen molar-refractivity contribution in [3.8, 4) is 0 Å². The quantitative estimate of drug-likeness (QED) is 0.251. The Balaban J connectivity index is 1.75. The molecule has 0 spiro atoms. The number of allylic oxidation sites excluding steroid dienone is 1. The maximum atomic E-state index is 13.1. The van der Waals surface area contributed by atoms with Gasteiger partial charge in [0.15, 0.2) is 0 Å². The van der Waals surface area contributed by atoms with Crippen molar-refractivity contribution in [2.45, 2.75) is 45.7 Å². The topological polar surface area (TPSA) is 158 Å². The number of H-pyrrole nitrogens is 1. The van der Waals surface area contributed by atoms with Gasteiger partial charge in [0.2, 0.25) is 11.8 Å². The summed E-state index contributed by atoms with van der Waals surface area (Å²) in [5.41, 5.74) is 2.45. The number of pyridine rings is 1. The van der Waals surface area contributed by atoms with Gasteiger partial charge in [0, 0.05) is 13.2 Å². The average molecular weight is 509 g/mol. The highest BCUT2D eigenvalue weighted by Gasteiger charge is 2.21. The molecule has 2 aromatic heterocycles.